The Hall–Kier alpha value is -0.730. The lowest BCUT2D eigenvalue weighted by atomic mass is 9.85. The van der Waals surface area contributed by atoms with Crippen molar-refractivity contribution in [3.8, 4) is 0 Å². The quantitative estimate of drug-likeness (QED) is 0.721. The molecule has 1 amide bonds. The van der Waals surface area contributed by atoms with Gasteiger partial charge >= 0.3 is 6.09 Å². The largest absolute Gasteiger partial charge is 0.453 e. The summed E-state index contributed by atoms with van der Waals surface area (Å²) in [6, 6.07) is 0.343. The van der Waals surface area contributed by atoms with Crippen LogP contribution in [0.15, 0.2) is 0 Å². The standard InChI is InChI=1S/C10H19NO2.H2/c1-3-8-4-6-9(7-5-8)11-10(12)13-2;/h8-9H,3-7H2,1-2H3,(H,11,12);1H. The molecule has 0 unspecified atom stereocenters. The molecule has 1 rings (SSSR count). The molecule has 0 radical (unpaired) electrons. The predicted octanol–water partition coefficient (Wildman–Crippen LogP) is 2.56. The lowest BCUT2D eigenvalue weighted by Gasteiger charge is -2.27. The summed E-state index contributed by atoms with van der Waals surface area (Å²) >= 11 is 0. The summed E-state index contributed by atoms with van der Waals surface area (Å²) in [5.41, 5.74) is 0. The number of rotatable bonds is 2. The smallest absolute Gasteiger partial charge is 0.407 e. The maximum absolute atomic E-state index is 10.9. The van der Waals surface area contributed by atoms with E-state index >= 15 is 0 Å². The number of hydrogen-bond acceptors (Lipinski definition) is 2. The third kappa shape index (κ3) is 3.25. The molecule has 1 aliphatic carbocycles. The highest BCUT2D eigenvalue weighted by Crippen LogP contribution is 2.26. The van der Waals surface area contributed by atoms with Crippen molar-refractivity contribution in [2.75, 3.05) is 7.11 Å². The Morgan fingerprint density at radius 2 is 2.08 bits per heavy atom. The van der Waals surface area contributed by atoms with Crippen LogP contribution in [0.1, 0.15) is 40.5 Å². The van der Waals surface area contributed by atoms with E-state index < -0.39 is 0 Å². The molecule has 0 saturated heterocycles. The Labute approximate surface area is 81.3 Å². The molecule has 0 heterocycles. The molecule has 1 N–H and O–H groups in total. The zero-order valence-electron chi connectivity index (χ0n) is 8.51. The Morgan fingerprint density at radius 3 is 2.54 bits per heavy atom. The lowest BCUT2D eigenvalue weighted by Crippen LogP contribution is -2.37. The van der Waals surface area contributed by atoms with E-state index in [-0.39, 0.29) is 7.52 Å². The SMILES string of the molecule is CCC1CCC(NC(=O)OC)CC1.[HH]. The molecule has 0 bridgehead atoms. The van der Waals surface area contributed by atoms with Crippen molar-refractivity contribution < 1.29 is 11.0 Å². The van der Waals surface area contributed by atoms with Gasteiger partial charge in [-0.3, -0.25) is 0 Å². The van der Waals surface area contributed by atoms with Crippen LogP contribution in [0.3, 0.4) is 0 Å². The van der Waals surface area contributed by atoms with Gasteiger partial charge in [-0.2, -0.15) is 0 Å². The molecule has 0 atom stereocenters. The third-order valence-corrected chi connectivity index (χ3v) is 2.93. The van der Waals surface area contributed by atoms with E-state index in [1.807, 2.05) is 0 Å². The number of ether oxygens (including phenoxy) is 1. The van der Waals surface area contributed by atoms with E-state index in [9.17, 15) is 4.79 Å². The number of methoxy groups -OCH3 is 1. The van der Waals surface area contributed by atoms with Crippen molar-refractivity contribution in [2.24, 2.45) is 5.92 Å². The molecule has 13 heavy (non-hydrogen) atoms. The van der Waals surface area contributed by atoms with Gasteiger partial charge in [-0.05, 0) is 31.6 Å². The fraction of sp³-hybridized carbons (Fsp3) is 0.900. The highest BCUT2D eigenvalue weighted by molar-refractivity contribution is 5.67. The van der Waals surface area contributed by atoms with Crippen molar-refractivity contribution in [3.05, 3.63) is 0 Å². The first-order valence-corrected chi connectivity index (χ1v) is 5.10. The molecule has 0 spiro atoms. The van der Waals surface area contributed by atoms with Crippen molar-refractivity contribution >= 4 is 6.09 Å². The molecule has 0 aromatic heterocycles. The zero-order valence-corrected chi connectivity index (χ0v) is 8.51. The Morgan fingerprint density at radius 1 is 1.46 bits per heavy atom. The summed E-state index contributed by atoms with van der Waals surface area (Å²) in [4.78, 5) is 10.9. The van der Waals surface area contributed by atoms with Crippen LogP contribution >= 0.6 is 0 Å². The number of carbonyl (C=O) groups is 1. The molecular formula is C10H21NO2. The molecule has 0 aromatic carbocycles. The minimum absolute atomic E-state index is 0. The van der Waals surface area contributed by atoms with E-state index in [2.05, 4.69) is 17.0 Å². The van der Waals surface area contributed by atoms with Gasteiger partial charge in [0.1, 0.15) is 0 Å². The molecule has 1 fully saturated rings. The average Bonchev–Trinajstić information content (AvgIpc) is 2.19. The summed E-state index contributed by atoms with van der Waals surface area (Å²) in [5.74, 6) is 0.871. The minimum atomic E-state index is -0.292. The Balaban J connectivity index is 0.00000169. The molecule has 0 aromatic rings. The van der Waals surface area contributed by atoms with Crippen LogP contribution in [-0.2, 0) is 4.74 Å². The van der Waals surface area contributed by atoms with Gasteiger partial charge in [0.15, 0.2) is 0 Å². The summed E-state index contributed by atoms with van der Waals surface area (Å²) in [6.07, 6.45) is 5.67. The van der Waals surface area contributed by atoms with Crippen LogP contribution in [0.4, 0.5) is 4.79 Å². The molecule has 3 heteroatoms. The minimum Gasteiger partial charge on any atom is -0.453 e. The van der Waals surface area contributed by atoms with Crippen molar-refractivity contribution in [1.29, 1.82) is 0 Å². The fourth-order valence-electron chi connectivity index (χ4n) is 1.94. The first kappa shape index (κ1) is 10.4. The average molecular weight is 187 g/mol. The number of alkyl carbamates (subject to hydrolysis) is 1. The zero-order chi connectivity index (χ0) is 9.68. The molecule has 78 valence electrons. The fourth-order valence-corrected chi connectivity index (χ4v) is 1.94. The van der Waals surface area contributed by atoms with Gasteiger partial charge < -0.3 is 10.1 Å². The van der Waals surface area contributed by atoms with Crippen molar-refractivity contribution in [3.63, 3.8) is 0 Å². The number of carbonyl (C=O) groups excluding carboxylic acids is 1. The Kier molecular flexibility index (Phi) is 4.06. The second-order valence-electron chi connectivity index (χ2n) is 3.76. The van der Waals surface area contributed by atoms with Gasteiger partial charge in [0.2, 0.25) is 0 Å². The topological polar surface area (TPSA) is 38.3 Å². The molecule has 0 aliphatic heterocycles. The van der Waals surface area contributed by atoms with E-state index in [0.29, 0.717) is 6.04 Å². The van der Waals surface area contributed by atoms with Gasteiger partial charge in [0.05, 0.1) is 7.11 Å². The van der Waals surface area contributed by atoms with E-state index in [1.54, 1.807) is 0 Å². The molecule has 1 aliphatic rings. The molecule has 1 saturated carbocycles. The Bertz CT molecular complexity index is 168. The maximum Gasteiger partial charge on any atom is 0.407 e. The second-order valence-corrected chi connectivity index (χ2v) is 3.76. The van der Waals surface area contributed by atoms with Crippen molar-refractivity contribution in [1.82, 2.24) is 5.32 Å². The molecular weight excluding hydrogens is 166 g/mol. The van der Waals surface area contributed by atoms with E-state index in [4.69, 9.17) is 0 Å². The van der Waals surface area contributed by atoms with Crippen LogP contribution in [0.2, 0.25) is 0 Å². The van der Waals surface area contributed by atoms with Crippen LogP contribution < -0.4 is 5.32 Å². The first-order chi connectivity index (χ1) is 6.26. The van der Waals surface area contributed by atoms with Crippen LogP contribution in [0.25, 0.3) is 0 Å². The van der Waals surface area contributed by atoms with Gasteiger partial charge in [-0.1, -0.05) is 13.3 Å². The van der Waals surface area contributed by atoms with Crippen LogP contribution in [0.5, 0.6) is 0 Å². The van der Waals surface area contributed by atoms with Crippen LogP contribution in [-0.4, -0.2) is 19.2 Å². The maximum atomic E-state index is 10.9. The van der Waals surface area contributed by atoms with E-state index in [0.717, 1.165) is 18.8 Å². The van der Waals surface area contributed by atoms with Gasteiger partial charge in [0, 0.05) is 7.47 Å². The normalized spacial score (nSPS) is 28.2. The van der Waals surface area contributed by atoms with E-state index in [1.165, 1.54) is 26.4 Å². The van der Waals surface area contributed by atoms with Crippen molar-refractivity contribution in [2.45, 2.75) is 45.1 Å². The first-order valence-electron chi connectivity index (χ1n) is 5.10. The number of hydrogen-bond donors (Lipinski definition) is 1. The summed E-state index contributed by atoms with van der Waals surface area (Å²) in [5, 5.41) is 2.85. The monoisotopic (exact) mass is 187 g/mol. The van der Waals surface area contributed by atoms with Crippen LogP contribution in [0, 0.1) is 5.92 Å². The number of nitrogens with one attached hydrogen (secondary N) is 1. The highest BCUT2D eigenvalue weighted by Gasteiger charge is 2.21. The molecule has 3 nitrogen and oxygen atoms in total. The summed E-state index contributed by atoms with van der Waals surface area (Å²) in [7, 11) is 1.41. The predicted molar refractivity (Wildman–Crippen MR) is 53.7 cm³/mol. The number of amides is 1. The van der Waals surface area contributed by atoms with Gasteiger partial charge in [0.25, 0.3) is 0 Å². The summed E-state index contributed by atoms with van der Waals surface area (Å²) in [6.45, 7) is 2.23. The summed E-state index contributed by atoms with van der Waals surface area (Å²) < 4.78 is 4.56. The highest BCUT2D eigenvalue weighted by atomic mass is 16.5. The third-order valence-electron chi connectivity index (χ3n) is 2.93. The van der Waals surface area contributed by atoms with Gasteiger partial charge in [-0.25, -0.2) is 4.79 Å². The van der Waals surface area contributed by atoms with Gasteiger partial charge in [-0.15, -0.1) is 0 Å². The second kappa shape index (κ2) is 5.10. The lowest BCUT2D eigenvalue weighted by molar-refractivity contribution is 0.160.